The first-order valence-electron chi connectivity index (χ1n) is 8.28. The molecule has 2 aliphatic rings. The third kappa shape index (κ3) is 3.78. The molecular formula is C17H20N4O4. The number of oxime groups is 1. The first-order valence-corrected chi connectivity index (χ1v) is 8.28. The van der Waals surface area contributed by atoms with Crippen LogP contribution in [0.2, 0.25) is 0 Å². The molecule has 0 aromatic heterocycles. The molecule has 0 spiro atoms. The molecule has 4 amide bonds. The number of benzene rings is 1. The average Bonchev–Trinajstić information content (AvgIpc) is 3.08. The molecule has 0 saturated carbocycles. The second-order valence-corrected chi connectivity index (χ2v) is 5.92. The molecule has 1 atom stereocenters. The number of carbonyl (C=O) groups excluding carboxylic acids is 3. The Hall–Kier alpha value is -2.90. The standard InChI is InChI=1S/C17H20N4O4/c1-2-11-9-12(25-20-11)10-18-16(23)13-5-3-4-6-14(13)21-8-7-15(22)19-17(21)24/h3-6,12H,2,7-10H2,1H3,(H,18,23)(H,19,22,24)/t12-/m0/s1. The van der Waals surface area contributed by atoms with Gasteiger partial charge in [0.15, 0.2) is 0 Å². The molecule has 1 aromatic carbocycles. The molecule has 0 unspecified atom stereocenters. The lowest BCUT2D eigenvalue weighted by Crippen LogP contribution is -2.50. The number of amides is 4. The summed E-state index contributed by atoms with van der Waals surface area (Å²) < 4.78 is 0. The quantitative estimate of drug-likeness (QED) is 0.843. The fraction of sp³-hybridized carbons (Fsp3) is 0.412. The Balaban J connectivity index is 1.67. The van der Waals surface area contributed by atoms with Crippen LogP contribution in [0.15, 0.2) is 29.4 Å². The zero-order valence-electron chi connectivity index (χ0n) is 13.9. The van der Waals surface area contributed by atoms with Gasteiger partial charge in [-0.05, 0) is 18.6 Å². The third-order valence-corrected chi connectivity index (χ3v) is 4.19. The van der Waals surface area contributed by atoms with Crippen LogP contribution in [0.25, 0.3) is 0 Å². The highest BCUT2D eigenvalue weighted by atomic mass is 16.6. The summed E-state index contributed by atoms with van der Waals surface area (Å²) >= 11 is 0. The zero-order chi connectivity index (χ0) is 17.8. The number of imide groups is 1. The highest BCUT2D eigenvalue weighted by Gasteiger charge is 2.28. The molecule has 8 nitrogen and oxygen atoms in total. The van der Waals surface area contributed by atoms with E-state index in [4.69, 9.17) is 4.84 Å². The van der Waals surface area contributed by atoms with Crippen LogP contribution in [0.3, 0.4) is 0 Å². The van der Waals surface area contributed by atoms with Gasteiger partial charge < -0.3 is 10.2 Å². The second-order valence-electron chi connectivity index (χ2n) is 5.92. The Labute approximate surface area is 145 Å². The third-order valence-electron chi connectivity index (χ3n) is 4.19. The largest absolute Gasteiger partial charge is 0.390 e. The molecule has 2 heterocycles. The number of carbonyl (C=O) groups is 3. The van der Waals surface area contributed by atoms with E-state index in [1.54, 1.807) is 24.3 Å². The number of urea groups is 1. The van der Waals surface area contributed by atoms with Gasteiger partial charge >= 0.3 is 6.03 Å². The number of rotatable bonds is 5. The number of hydrogen-bond donors (Lipinski definition) is 2. The summed E-state index contributed by atoms with van der Waals surface area (Å²) in [7, 11) is 0. The molecule has 0 aliphatic carbocycles. The molecule has 25 heavy (non-hydrogen) atoms. The predicted octanol–water partition coefficient (Wildman–Crippen LogP) is 1.42. The van der Waals surface area contributed by atoms with Crippen LogP contribution in [0, 0.1) is 0 Å². The molecule has 8 heteroatoms. The van der Waals surface area contributed by atoms with Crippen LogP contribution in [0.5, 0.6) is 0 Å². The van der Waals surface area contributed by atoms with Crippen molar-refractivity contribution in [2.24, 2.45) is 5.16 Å². The van der Waals surface area contributed by atoms with Crippen molar-refractivity contribution in [3.05, 3.63) is 29.8 Å². The molecule has 1 saturated heterocycles. The highest BCUT2D eigenvalue weighted by molar-refractivity contribution is 6.09. The number of nitrogens with zero attached hydrogens (tertiary/aromatic N) is 2. The summed E-state index contributed by atoms with van der Waals surface area (Å²) in [6.45, 7) is 2.59. The van der Waals surface area contributed by atoms with Gasteiger partial charge in [0.25, 0.3) is 5.91 Å². The van der Waals surface area contributed by atoms with E-state index in [0.717, 1.165) is 12.1 Å². The first-order chi connectivity index (χ1) is 12.1. The summed E-state index contributed by atoms with van der Waals surface area (Å²) in [5.41, 5.74) is 1.83. The number of nitrogens with one attached hydrogen (secondary N) is 2. The monoisotopic (exact) mass is 344 g/mol. The van der Waals surface area contributed by atoms with E-state index < -0.39 is 6.03 Å². The molecule has 1 aromatic rings. The molecular weight excluding hydrogens is 324 g/mol. The van der Waals surface area contributed by atoms with Crippen LogP contribution in [0.4, 0.5) is 10.5 Å². The molecule has 0 radical (unpaired) electrons. The van der Waals surface area contributed by atoms with E-state index >= 15 is 0 Å². The summed E-state index contributed by atoms with van der Waals surface area (Å²) in [6.07, 6.45) is 1.57. The Morgan fingerprint density at radius 1 is 1.40 bits per heavy atom. The Bertz CT molecular complexity index is 731. The molecule has 1 fully saturated rings. The maximum Gasteiger partial charge on any atom is 0.328 e. The lowest BCUT2D eigenvalue weighted by Gasteiger charge is -2.28. The van der Waals surface area contributed by atoms with Gasteiger partial charge in [0.1, 0.15) is 6.10 Å². The van der Waals surface area contributed by atoms with Crippen LogP contribution < -0.4 is 15.5 Å². The predicted molar refractivity (Wildman–Crippen MR) is 91.5 cm³/mol. The molecule has 2 aliphatic heterocycles. The van der Waals surface area contributed by atoms with Crippen molar-refractivity contribution >= 4 is 29.2 Å². The van der Waals surface area contributed by atoms with E-state index in [1.807, 2.05) is 6.92 Å². The zero-order valence-corrected chi connectivity index (χ0v) is 13.9. The fourth-order valence-corrected chi connectivity index (χ4v) is 2.80. The van der Waals surface area contributed by atoms with Crippen molar-refractivity contribution in [2.75, 3.05) is 18.0 Å². The van der Waals surface area contributed by atoms with Crippen LogP contribution >= 0.6 is 0 Å². The Kier molecular flexibility index (Phi) is 4.97. The number of para-hydroxylation sites is 1. The first kappa shape index (κ1) is 16.9. The molecule has 2 N–H and O–H groups in total. The minimum Gasteiger partial charge on any atom is -0.390 e. The van der Waals surface area contributed by atoms with Crippen LogP contribution in [-0.2, 0) is 9.63 Å². The molecule has 132 valence electrons. The molecule has 3 rings (SSSR count). The van der Waals surface area contributed by atoms with Crippen molar-refractivity contribution in [3.63, 3.8) is 0 Å². The van der Waals surface area contributed by atoms with Gasteiger partial charge in [-0.2, -0.15) is 0 Å². The van der Waals surface area contributed by atoms with Gasteiger partial charge in [-0.3, -0.25) is 19.8 Å². The smallest absolute Gasteiger partial charge is 0.328 e. The van der Waals surface area contributed by atoms with Crippen molar-refractivity contribution < 1.29 is 19.2 Å². The van der Waals surface area contributed by atoms with Crippen LogP contribution in [0.1, 0.15) is 36.5 Å². The lowest BCUT2D eigenvalue weighted by molar-refractivity contribution is -0.120. The van der Waals surface area contributed by atoms with Crippen molar-refractivity contribution in [3.8, 4) is 0 Å². The van der Waals surface area contributed by atoms with Crippen molar-refractivity contribution in [2.45, 2.75) is 32.3 Å². The maximum atomic E-state index is 12.6. The van der Waals surface area contributed by atoms with Gasteiger partial charge in [0, 0.05) is 19.4 Å². The van der Waals surface area contributed by atoms with Gasteiger partial charge in [-0.15, -0.1) is 0 Å². The maximum absolute atomic E-state index is 12.6. The van der Waals surface area contributed by atoms with Gasteiger partial charge in [-0.25, -0.2) is 4.79 Å². The average molecular weight is 344 g/mol. The highest BCUT2D eigenvalue weighted by Crippen LogP contribution is 2.22. The van der Waals surface area contributed by atoms with Crippen molar-refractivity contribution in [1.82, 2.24) is 10.6 Å². The summed E-state index contributed by atoms with van der Waals surface area (Å²) in [4.78, 5) is 42.6. The number of hydrogen-bond acceptors (Lipinski definition) is 5. The lowest BCUT2D eigenvalue weighted by atomic mass is 10.1. The van der Waals surface area contributed by atoms with E-state index in [0.29, 0.717) is 24.2 Å². The van der Waals surface area contributed by atoms with Gasteiger partial charge in [0.2, 0.25) is 5.91 Å². The SMILES string of the molecule is CCC1=NO[C@H](CNC(=O)c2ccccc2N2CCC(=O)NC2=O)C1. The van der Waals surface area contributed by atoms with E-state index in [2.05, 4.69) is 15.8 Å². The summed E-state index contributed by atoms with van der Waals surface area (Å²) in [5.74, 6) is -0.609. The minimum atomic E-state index is -0.517. The Morgan fingerprint density at radius 2 is 2.20 bits per heavy atom. The van der Waals surface area contributed by atoms with Gasteiger partial charge in [-0.1, -0.05) is 24.2 Å². The summed E-state index contributed by atoms with van der Waals surface area (Å²) in [6, 6.07) is 6.30. The second kappa shape index (κ2) is 7.33. The van der Waals surface area contributed by atoms with E-state index in [9.17, 15) is 14.4 Å². The topological polar surface area (TPSA) is 100 Å². The molecule has 0 bridgehead atoms. The fourth-order valence-electron chi connectivity index (χ4n) is 2.80. The summed E-state index contributed by atoms with van der Waals surface area (Å²) in [5, 5.41) is 9.06. The van der Waals surface area contributed by atoms with Crippen LogP contribution in [-0.4, -0.2) is 42.8 Å². The Morgan fingerprint density at radius 3 is 2.92 bits per heavy atom. The van der Waals surface area contributed by atoms with Crippen molar-refractivity contribution in [1.29, 1.82) is 0 Å². The number of anilines is 1. The van der Waals surface area contributed by atoms with E-state index in [1.165, 1.54) is 4.90 Å². The minimum absolute atomic E-state index is 0.165. The van der Waals surface area contributed by atoms with E-state index in [-0.39, 0.29) is 30.9 Å². The normalized spacial score (nSPS) is 20.0. The van der Waals surface area contributed by atoms with Gasteiger partial charge in [0.05, 0.1) is 23.5 Å².